The van der Waals surface area contributed by atoms with Crippen LogP contribution in [0.4, 0.5) is 8.87 Å². The van der Waals surface area contributed by atoms with Gasteiger partial charge in [-0.05, 0) is 19.1 Å². The van der Waals surface area contributed by atoms with Crippen LogP contribution in [0.15, 0.2) is 23.0 Å². The summed E-state index contributed by atoms with van der Waals surface area (Å²) in [6.07, 6.45) is 0. The minimum atomic E-state index is -1.62. The lowest BCUT2D eigenvalue weighted by Crippen LogP contribution is -2.23. The van der Waals surface area contributed by atoms with E-state index in [-0.39, 0.29) is 17.0 Å². The molecule has 0 atom stereocenters. The van der Waals surface area contributed by atoms with Gasteiger partial charge in [0.1, 0.15) is 5.52 Å². The summed E-state index contributed by atoms with van der Waals surface area (Å²) in [6.45, 7) is 1.43. The lowest BCUT2D eigenvalue weighted by molar-refractivity contribution is 0.0514. The predicted octanol–water partition coefficient (Wildman–Crippen LogP) is 2.70. The number of rotatable bonds is 2. The summed E-state index contributed by atoms with van der Waals surface area (Å²) in [6, 6.07) is 3.96. The Hall–Kier alpha value is -1.95. The lowest BCUT2D eigenvalue weighted by atomic mass is 10.1. The topological polar surface area (TPSA) is 48.3 Å². The van der Waals surface area contributed by atoms with E-state index < -0.39 is 33.2 Å². The van der Waals surface area contributed by atoms with Crippen molar-refractivity contribution in [3.8, 4) is 0 Å². The van der Waals surface area contributed by atoms with Gasteiger partial charge in [0.15, 0.2) is 5.56 Å². The van der Waals surface area contributed by atoms with Crippen molar-refractivity contribution in [2.75, 3.05) is 6.61 Å². The van der Waals surface area contributed by atoms with E-state index in [9.17, 15) is 18.5 Å². The molecular formula is C12H8ClF2NO3. The van der Waals surface area contributed by atoms with Crippen molar-refractivity contribution in [2.45, 2.75) is 6.92 Å². The van der Waals surface area contributed by atoms with Crippen LogP contribution in [0, 0.1) is 5.95 Å². The number of halogens is 3. The van der Waals surface area contributed by atoms with Gasteiger partial charge in [-0.2, -0.15) is 4.39 Å². The van der Waals surface area contributed by atoms with E-state index >= 15 is 0 Å². The van der Waals surface area contributed by atoms with Gasteiger partial charge in [-0.1, -0.05) is 22.1 Å². The van der Waals surface area contributed by atoms with Crippen LogP contribution in [0.3, 0.4) is 0 Å². The van der Waals surface area contributed by atoms with E-state index in [0.717, 1.165) is 0 Å². The number of fused-ring (bicyclic) bond motifs is 1. The Labute approximate surface area is 111 Å². The molecule has 0 spiro atoms. The van der Waals surface area contributed by atoms with E-state index in [4.69, 9.17) is 11.6 Å². The number of hydrogen-bond acceptors (Lipinski definition) is 3. The Morgan fingerprint density at radius 2 is 2.16 bits per heavy atom. The third kappa shape index (κ3) is 2.08. The zero-order chi connectivity index (χ0) is 14.2. The number of benzene rings is 1. The number of ether oxygens (including phenoxy) is 1. The molecule has 0 saturated carbocycles. The molecule has 0 aliphatic heterocycles. The second-order valence-electron chi connectivity index (χ2n) is 3.63. The van der Waals surface area contributed by atoms with Gasteiger partial charge in [-0.15, -0.1) is 4.79 Å². The zero-order valence-corrected chi connectivity index (χ0v) is 10.5. The molecule has 0 saturated heterocycles. The van der Waals surface area contributed by atoms with Crippen molar-refractivity contribution >= 4 is 28.5 Å². The van der Waals surface area contributed by atoms with Crippen LogP contribution < -0.4 is 5.43 Å². The molecule has 2 aromatic rings. The van der Waals surface area contributed by atoms with Crippen LogP contribution >= 0.6 is 11.6 Å². The van der Waals surface area contributed by atoms with Crippen molar-refractivity contribution in [2.24, 2.45) is 0 Å². The highest BCUT2D eigenvalue weighted by Gasteiger charge is 2.25. The fraction of sp³-hybridized carbons (Fsp3) is 0.167. The molecule has 0 N–H and O–H groups in total. The normalized spacial score (nSPS) is 10.7. The fourth-order valence-electron chi connectivity index (χ4n) is 1.70. The number of pyridine rings is 1. The highest BCUT2D eigenvalue weighted by Crippen LogP contribution is 2.23. The molecule has 7 heteroatoms. The monoisotopic (exact) mass is 287 g/mol. The Bertz CT molecular complexity index is 727. The van der Waals surface area contributed by atoms with E-state index in [1.165, 1.54) is 25.1 Å². The molecule has 1 heterocycles. The average molecular weight is 288 g/mol. The maximum Gasteiger partial charge on any atom is 0.346 e. The first-order valence-corrected chi connectivity index (χ1v) is 5.72. The minimum absolute atomic E-state index is 0.0580. The summed E-state index contributed by atoms with van der Waals surface area (Å²) in [5.74, 6) is -2.83. The van der Waals surface area contributed by atoms with Gasteiger partial charge in [-0.25, -0.2) is 4.79 Å². The second-order valence-corrected chi connectivity index (χ2v) is 4.04. The van der Waals surface area contributed by atoms with Crippen LogP contribution in [0.1, 0.15) is 17.3 Å². The largest absolute Gasteiger partial charge is 0.462 e. The van der Waals surface area contributed by atoms with Crippen molar-refractivity contribution < 1.29 is 18.4 Å². The molecule has 4 nitrogen and oxygen atoms in total. The van der Waals surface area contributed by atoms with Crippen LogP contribution in [0.25, 0.3) is 10.9 Å². The number of carbonyl (C=O) groups excluding carboxylic acids is 1. The zero-order valence-electron chi connectivity index (χ0n) is 9.75. The molecule has 0 aliphatic carbocycles. The number of carbonyl (C=O) groups is 1. The third-order valence-corrected chi connectivity index (χ3v) is 2.82. The van der Waals surface area contributed by atoms with Crippen molar-refractivity contribution in [1.29, 1.82) is 0 Å². The van der Waals surface area contributed by atoms with Crippen molar-refractivity contribution in [3.63, 3.8) is 0 Å². The Balaban J connectivity index is 2.89. The summed E-state index contributed by atoms with van der Waals surface area (Å²) >= 11 is 5.72. The standard InChI is InChI=1S/C12H8ClF2NO3/c1-2-19-12(18)8-10(17)6-4-3-5-7(13)9(6)16(15)11(8)14/h3-5H,2H2,1H3. The molecule has 0 unspecified atom stereocenters. The van der Waals surface area contributed by atoms with Crippen LogP contribution in [-0.2, 0) is 4.74 Å². The van der Waals surface area contributed by atoms with E-state index in [0.29, 0.717) is 0 Å². The fourth-order valence-corrected chi connectivity index (χ4v) is 1.95. The quantitative estimate of drug-likeness (QED) is 0.630. The Morgan fingerprint density at radius 3 is 2.79 bits per heavy atom. The van der Waals surface area contributed by atoms with Crippen LogP contribution in [0.5, 0.6) is 0 Å². The van der Waals surface area contributed by atoms with Crippen molar-refractivity contribution in [3.05, 3.63) is 45.0 Å². The summed E-state index contributed by atoms with van der Waals surface area (Å²) in [4.78, 5) is 23.1. The van der Waals surface area contributed by atoms with E-state index in [1.54, 1.807) is 0 Å². The molecule has 100 valence electrons. The summed E-state index contributed by atoms with van der Waals surface area (Å²) in [7, 11) is 0. The van der Waals surface area contributed by atoms with Crippen LogP contribution in [0.2, 0.25) is 5.02 Å². The number of hydrogen-bond donors (Lipinski definition) is 0. The van der Waals surface area contributed by atoms with Crippen LogP contribution in [-0.4, -0.2) is 17.4 Å². The smallest absolute Gasteiger partial charge is 0.346 e. The van der Waals surface area contributed by atoms with E-state index in [1.807, 2.05) is 0 Å². The Kier molecular flexibility index (Phi) is 3.53. The SMILES string of the molecule is CCOC(=O)c1c(F)n(F)c2c(Cl)cccc2c1=O. The first-order valence-electron chi connectivity index (χ1n) is 5.35. The van der Waals surface area contributed by atoms with Gasteiger partial charge < -0.3 is 4.74 Å². The maximum atomic E-state index is 13.8. The second kappa shape index (κ2) is 4.97. The number of para-hydroxylation sites is 1. The molecule has 0 bridgehead atoms. The maximum absolute atomic E-state index is 13.8. The number of esters is 1. The molecule has 0 aliphatic rings. The van der Waals surface area contributed by atoms with Crippen molar-refractivity contribution in [1.82, 2.24) is 4.79 Å². The molecule has 0 radical (unpaired) electrons. The molecule has 19 heavy (non-hydrogen) atoms. The first-order chi connectivity index (χ1) is 8.99. The molecule has 2 rings (SSSR count). The minimum Gasteiger partial charge on any atom is -0.462 e. The third-order valence-electron chi connectivity index (χ3n) is 2.51. The van der Waals surface area contributed by atoms with Gasteiger partial charge in [-0.3, -0.25) is 4.79 Å². The molecule has 1 aromatic carbocycles. The summed E-state index contributed by atoms with van der Waals surface area (Å²) in [5.41, 5.74) is -2.35. The van der Waals surface area contributed by atoms with Gasteiger partial charge >= 0.3 is 5.97 Å². The molecule has 1 aromatic heterocycles. The molecule has 0 fully saturated rings. The summed E-state index contributed by atoms with van der Waals surface area (Å²) in [5, 5.41) is -0.328. The highest BCUT2D eigenvalue weighted by molar-refractivity contribution is 6.35. The first kappa shape index (κ1) is 13.5. The van der Waals surface area contributed by atoms with Gasteiger partial charge in [0, 0.05) is 0 Å². The highest BCUT2D eigenvalue weighted by atomic mass is 35.5. The van der Waals surface area contributed by atoms with Gasteiger partial charge in [0.25, 0.3) is 0 Å². The molecular weight excluding hydrogens is 280 g/mol. The average Bonchev–Trinajstić information content (AvgIpc) is 2.36. The number of aromatic nitrogens is 1. The number of nitrogens with zero attached hydrogens (tertiary/aromatic N) is 1. The van der Waals surface area contributed by atoms with E-state index in [2.05, 4.69) is 4.74 Å². The lowest BCUT2D eigenvalue weighted by Gasteiger charge is -2.08. The predicted molar refractivity (Wildman–Crippen MR) is 65.6 cm³/mol. The van der Waals surface area contributed by atoms with Gasteiger partial charge in [0.2, 0.25) is 11.4 Å². The molecule has 0 amide bonds. The van der Waals surface area contributed by atoms with Gasteiger partial charge in [0.05, 0.1) is 17.0 Å². The Morgan fingerprint density at radius 1 is 1.47 bits per heavy atom. The summed E-state index contributed by atoms with van der Waals surface area (Å²) < 4.78 is 32.1.